The van der Waals surface area contributed by atoms with Gasteiger partial charge in [-0.25, -0.2) is 4.39 Å². The maximum atomic E-state index is 12.6. The molecule has 1 aromatic carbocycles. The SMILES string of the molecule is OCc1cc(F)ccc1C(Cl)Cl. The molecule has 1 rings (SSSR count). The van der Waals surface area contributed by atoms with E-state index in [1.807, 2.05) is 0 Å². The lowest BCUT2D eigenvalue weighted by Crippen LogP contribution is -1.94. The van der Waals surface area contributed by atoms with Crippen molar-refractivity contribution in [2.45, 2.75) is 11.4 Å². The molecule has 0 amide bonds. The second-order valence-corrected chi connectivity index (χ2v) is 3.40. The van der Waals surface area contributed by atoms with E-state index in [4.69, 9.17) is 28.3 Å². The Morgan fingerprint density at radius 3 is 2.58 bits per heavy atom. The maximum absolute atomic E-state index is 12.6. The summed E-state index contributed by atoms with van der Waals surface area (Å²) in [6.45, 7) is -0.261. The number of alkyl halides is 2. The molecule has 0 saturated heterocycles. The molecule has 0 saturated carbocycles. The predicted octanol–water partition coefficient (Wildman–Crippen LogP) is 2.79. The summed E-state index contributed by atoms with van der Waals surface area (Å²) in [4.78, 5) is -0.729. The van der Waals surface area contributed by atoms with Gasteiger partial charge in [-0.2, -0.15) is 0 Å². The molecule has 0 heterocycles. The fourth-order valence-electron chi connectivity index (χ4n) is 0.924. The molecule has 0 aliphatic heterocycles. The third-order valence-electron chi connectivity index (χ3n) is 1.51. The summed E-state index contributed by atoms with van der Waals surface area (Å²) in [5, 5.41) is 8.81. The molecule has 0 fully saturated rings. The van der Waals surface area contributed by atoms with Crippen LogP contribution in [-0.2, 0) is 6.61 Å². The fraction of sp³-hybridized carbons (Fsp3) is 0.250. The van der Waals surface area contributed by atoms with Gasteiger partial charge in [0.25, 0.3) is 0 Å². The van der Waals surface area contributed by atoms with Crippen LogP contribution in [0.1, 0.15) is 16.0 Å². The van der Waals surface area contributed by atoms with Gasteiger partial charge in [-0.05, 0) is 23.3 Å². The van der Waals surface area contributed by atoms with E-state index in [9.17, 15) is 4.39 Å². The average Bonchev–Trinajstić information content (AvgIpc) is 2.03. The molecule has 0 radical (unpaired) electrons. The minimum absolute atomic E-state index is 0.261. The van der Waals surface area contributed by atoms with Crippen LogP contribution in [0.25, 0.3) is 0 Å². The average molecular weight is 209 g/mol. The van der Waals surface area contributed by atoms with Gasteiger partial charge in [0.2, 0.25) is 0 Å². The molecular formula is C8H7Cl2FO. The monoisotopic (exact) mass is 208 g/mol. The molecule has 0 aromatic heterocycles. The van der Waals surface area contributed by atoms with Crippen LogP contribution >= 0.6 is 23.2 Å². The van der Waals surface area contributed by atoms with E-state index < -0.39 is 10.7 Å². The summed E-state index contributed by atoms with van der Waals surface area (Å²) in [6, 6.07) is 3.94. The fourth-order valence-corrected chi connectivity index (χ4v) is 1.35. The Bertz CT molecular complexity index is 276. The van der Waals surface area contributed by atoms with Gasteiger partial charge in [-0.15, -0.1) is 23.2 Å². The summed E-state index contributed by atoms with van der Waals surface area (Å²) >= 11 is 11.1. The van der Waals surface area contributed by atoms with Crippen molar-refractivity contribution in [3.05, 3.63) is 35.1 Å². The van der Waals surface area contributed by atoms with Gasteiger partial charge in [0.1, 0.15) is 10.7 Å². The van der Waals surface area contributed by atoms with Gasteiger partial charge in [0.15, 0.2) is 0 Å². The van der Waals surface area contributed by atoms with Crippen LogP contribution < -0.4 is 0 Å². The van der Waals surface area contributed by atoms with Gasteiger partial charge in [-0.3, -0.25) is 0 Å². The lowest BCUT2D eigenvalue weighted by molar-refractivity contribution is 0.280. The molecule has 0 aliphatic carbocycles. The first-order chi connectivity index (χ1) is 5.65. The number of aliphatic hydroxyl groups excluding tert-OH is 1. The van der Waals surface area contributed by atoms with Crippen molar-refractivity contribution in [1.29, 1.82) is 0 Å². The number of benzene rings is 1. The summed E-state index contributed by atoms with van der Waals surface area (Å²) < 4.78 is 12.6. The van der Waals surface area contributed by atoms with E-state index in [-0.39, 0.29) is 6.61 Å². The number of aliphatic hydroxyl groups is 1. The molecule has 1 nitrogen and oxygen atoms in total. The lowest BCUT2D eigenvalue weighted by atomic mass is 10.1. The van der Waals surface area contributed by atoms with Crippen molar-refractivity contribution < 1.29 is 9.50 Å². The van der Waals surface area contributed by atoms with Crippen molar-refractivity contribution in [2.24, 2.45) is 0 Å². The largest absolute Gasteiger partial charge is 0.392 e. The van der Waals surface area contributed by atoms with E-state index in [1.54, 1.807) is 0 Å². The quantitative estimate of drug-likeness (QED) is 0.742. The predicted molar refractivity (Wildman–Crippen MR) is 46.8 cm³/mol. The molecule has 0 bridgehead atoms. The third kappa shape index (κ3) is 2.09. The first-order valence-corrected chi connectivity index (χ1v) is 4.19. The van der Waals surface area contributed by atoms with Gasteiger partial charge >= 0.3 is 0 Å². The van der Waals surface area contributed by atoms with Gasteiger partial charge in [0, 0.05) is 0 Å². The normalized spacial score (nSPS) is 10.8. The Hall–Kier alpha value is -0.310. The zero-order valence-electron chi connectivity index (χ0n) is 6.10. The van der Waals surface area contributed by atoms with Crippen LogP contribution in [0.2, 0.25) is 0 Å². The van der Waals surface area contributed by atoms with Crippen LogP contribution in [0.15, 0.2) is 18.2 Å². The van der Waals surface area contributed by atoms with Crippen molar-refractivity contribution in [3.63, 3.8) is 0 Å². The zero-order chi connectivity index (χ0) is 9.14. The highest BCUT2D eigenvalue weighted by atomic mass is 35.5. The molecule has 1 N–H and O–H groups in total. The van der Waals surface area contributed by atoms with Crippen molar-refractivity contribution in [1.82, 2.24) is 0 Å². The number of hydrogen-bond acceptors (Lipinski definition) is 1. The third-order valence-corrected chi connectivity index (χ3v) is 1.98. The summed E-state index contributed by atoms with van der Waals surface area (Å²) in [7, 11) is 0. The van der Waals surface area contributed by atoms with Crippen molar-refractivity contribution in [2.75, 3.05) is 0 Å². The highest BCUT2D eigenvalue weighted by Gasteiger charge is 2.09. The number of hydrogen-bond donors (Lipinski definition) is 1. The number of rotatable bonds is 2. The Morgan fingerprint density at radius 1 is 1.42 bits per heavy atom. The van der Waals surface area contributed by atoms with Crippen LogP contribution in [0, 0.1) is 5.82 Å². The van der Waals surface area contributed by atoms with E-state index in [0.29, 0.717) is 11.1 Å². The summed E-state index contributed by atoms with van der Waals surface area (Å²) in [5.41, 5.74) is 0.965. The molecule has 0 spiro atoms. The van der Waals surface area contributed by atoms with Gasteiger partial charge < -0.3 is 5.11 Å². The Kier molecular flexibility index (Phi) is 3.32. The first kappa shape index (κ1) is 9.78. The second kappa shape index (κ2) is 4.08. The molecule has 0 aliphatic rings. The van der Waals surface area contributed by atoms with E-state index >= 15 is 0 Å². The smallest absolute Gasteiger partial charge is 0.133 e. The van der Waals surface area contributed by atoms with Crippen LogP contribution in [-0.4, -0.2) is 5.11 Å². The maximum Gasteiger partial charge on any atom is 0.133 e. The van der Waals surface area contributed by atoms with Gasteiger partial charge in [0.05, 0.1) is 6.61 Å². The van der Waals surface area contributed by atoms with Crippen LogP contribution in [0.3, 0.4) is 0 Å². The molecular weight excluding hydrogens is 202 g/mol. The number of halogens is 3. The van der Waals surface area contributed by atoms with Crippen LogP contribution in [0.4, 0.5) is 4.39 Å². The lowest BCUT2D eigenvalue weighted by Gasteiger charge is -2.07. The Morgan fingerprint density at radius 2 is 2.08 bits per heavy atom. The Balaban J connectivity index is 3.11. The van der Waals surface area contributed by atoms with Crippen molar-refractivity contribution in [3.8, 4) is 0 Å². The highest BCUT2D eigenvalue weighted by molar-refractivity contribution is 6.44. The Labute approximate surface area is 79.7 Å². The molecule has 0 unspecified atom stereocenters. The highest BCUT2D eigenvalue weighted by Crippen LogP contribution is 2.28. The molecule has 66 valence electrons. The molecule has 0 atom stereocenters. The van der Waals surface area contributed by atoms with E-state index in [2.05, 4.69) is 0 Å². The standard InChI is InChI=1S/C8H7Cl2FO/c9-8(10)7-2-1-6(11)3-5(7)4-12/h1-3,8,12H,4H2. The van der Waals surface area contributed by atoms with E-state index in [1.165, 1.54) is 18.2 Å². The first-order valence-electron chi connectivity index (χ1n) is 3.32. The topological polar surface area (TPSA) is 20.2 Å². The summed E-state index contributed by atoms with van der Waals surface area (Å²) in [5.74, 6) is -0.406. The summed E-state index contributed by atoms with van der Waals surface area (Å²) in [6.07, 6.45) is 0. The van der Waals surface area contributed by atoms with Crippen molar-refractivity contribution >= 4 is 23.2 Å². The molecule has 4 heteroatoms. The van der Waals surface area contributed by atoms with Gasteiger partial charge in [-0.1, -0.05) is 6.07 Å². The zero-order valence-corrected chi connectivity index (χ0v) is 7.61. The molecule has 12 heavy (non-hydrogen) atoms. The molecule has 1 aromatic rings. The van der Waals surface area contributed by atoms with E-state index in [0.717, 1.165) is 0 Å². The minimum Gasteiger partial charge on any atom is -0.392 e. The second-order valence-electron chi connectivity index (χ2n) is 2.30. The van der Waals surface area contributed by atoms with Crippen LogP contribution in [0.5, 0.6) is 0 Å². The minimum atomic E-state index is -0.729.